The largest absolute Gasteiger partial charge is 0.360 e. The van der Waals surface area contributed by atoms with Crippen LogP contribution in [0.3, 0.4) is 0 Å². The van der Waals surface area contributed by atoms with Gasteiger partial charge in [0.1, 0.15) is 12.4 Å². The molecule has 4 nitrogen and oxygen atoms in total. The van der Waals surface area contributed by atoms with Crippen LogP contribution in [0.2, 0.25) is 5.02 Å². The predicted molar refractivity (Wildman–Crippen MR) is 139 cm³/mol. The predicted octanol–water partition coefficient (Wildman–Crippen LogP) is 7.68. The highest BCUT2D eigenvalue weighted by atomic mass is 35.5. The maximum absolute atomic E-state index is 12.9. The van der Waals surface area contributed by atoms with Crippen LogP contribution in [0, 0.1) is 13.8 Å². The van der Waals surface area contributed by atoms with Crippen molar-refractivity contribution in [3.8, 4) is 22.3 Å². The fourth-order valence-corrected chi connectivity index (χ4v) is 4.49. The third-order valence-corrected chi connectivity index (χ3v) is 6.10. The van der Waals surface area contributed by atoms with Gasteiger partial charge < -0.3 is 4.74 Å². The van der Waals surface area contributed by atoms with Crippen molar-refractivity contribution < 1.29 is 9.53 Å². The molecule has 0 aliphatic rings. The molecule has 174 valence electrons. The Morgan fingerprint density at radius 3 is 2.29 bits per heavy atom. The van der Waals surface area contributed by atoms with Crippen molar-refractivity contribution in [2.24, 2.45) is 0 Å². The van der Waals surface area contributed by atoms with Crippen molar-refractivity contribution in [2.45, 2.75) is 53.2 Å². The van der Waals surface area contributed by atoms with Gasteiger partial charge in [0.15, 0.2) is 5.78 Å². The Hall–Kier alpha value is -3.08. The average Bonchev–Trinajstić information content (AvgIpc) is 2.77. The van der Waals surface area contributed by atoms with Crippen LogP contribution in [0.1, 0.15) is 50.6 Å². The first-order valence-electron chi connectivity index (χ1n) is 11.3. The van der Waals surface area contributed by atoms with Gasteiger partial charge in [-0.3, -0.25) is 4.79 Å². The molecule has 4 rings (SSSR count). The van der Waals surface area contributed by atoms with E-state index in [-0.39, 0.29) is 5.78 Å². The number of carbonyl (C=O) groups is 1. The van der Waals surface area contributed by atoms with E-state index in [1.54, 1.807) is 13.3 Å². The molecule has 5 heteroatoms. The van der Waals surface area contributed by atoms with Crippen molar-refractivity contribution >= 4 is 28.2 Å². The first kappa shape index (κ1) is 24.1. The summed E-state index contributed by atoms with van der Waals surface area (Å²) in [5.41, 5.74) is 6.36. The highest BCUT2D eigenvalue weighted by molar-refractivity contribution is 6.30. The minimum Gasteiger partial charge on any atom is -0.360 e. The number of fused-ring (bicyclic) bond motifs is 1. The van der Waals surface area contributed by atoms with Crippen LogP contribution in [0.4, 0.5) is 0 Å². The van der Waals surface area contributed by atoms with Crippen molar-refractivity contribution in [3.63, 3.8) is 0 Å². The van der Waals surface area contributed by atoms with E-state index in [1.807, 2.05) is 65.1 Å². The molecule has 0 N–H and O–H groups in total. The van der Waals surface area contributed by atoms with E-state index >= 15 is 0 Å². The number of aryl methyl sites for hydroxylation is 2. The first-order valence-corrected chi connectivity index (χ1v) is 11.7. The van der Waals surface area contributed by atoms with Crippen LogP contribution in [0.15, 0.2) is 61.1 Å². The highest BCUT2D eigenvalue weighted by Gasteiger charge is 2.29. The fraction of sp³-hybridized carbons (Fsp3) is 0.276. The number of aromatic nitrogens is 2. The molecular formula is C29H29ClN2O2. The van der Waals surface area contributed by atoms with E-state index in [0.717, 1.165) is 49.8 Å². The number of halogens is 1. The lowest BCUT2D eigenvalue weighted by Crippen LogP contribution is -2.27. The van der Waals surface area contributed by atoms with Crippen LogP contribution in [-0.4, -0.2) is 21.4 Å². The quantitative estimate of drug-likeness (QED) is 0.299. The van der Waals surface area contributed by atoms with Gasteiger partial charge in [-0.05, 0) is 98.3 Å². The summed E-state index contributed by atoms with van der Waals surface area (Å²) in [6.07, 6.45) is 2.72. The van der Waals surface area contributed by atoms with Gasteiger partial charge in [-0.15, -0.1) is 0 Å². The maximum atomic E-state index is 12.9. The molecule has 0 unspecified atom stereocenters. The van der Waals surface area contributed by atoms with Gasteiger partial charge in [-0.2, -0.15) is 0 Å². The molecule has 3 aromatic carbocycles. The standard InChI is InChI=1S/C29H29ClN2O2/c1-17-13-22-14-21(25-15-31-16-32-18(25)2)9-12-24(22)27(20-7-10-23(30)11-8-20)26(17)28(19(3)33)34-29(4,5)6/h7-16,28H,1-6H3/t28-/m1/s1. The molecular weight excluding hydrogens is 444 g/mol. The van der Waals surface area contributed by atoms with Gasteiger partial charge in [0, 0.05) is 22.5 Å². The van der Waals surface area contributed by atoms with E-state index in [2.05, 4.69) is 34.2 Å². The molecule has 1 aromatic heterocycles. The zero-order valence-electron chi connectivity index (χ0n) is 20.4. The zero-order valence-corrected chi connectivity index (χ0v) is 21.2. The Morgan fingerprint density at radius 1 is 1.00 bits per heavy atom. The van der Waals surface area contributed by atoms with Crippen LogP contribution in [-0.2, 0) is 9.53 Å². The summed E-state index contributed by atoms with van der Waals surface area (Å²) < 4.78 is 6.32. The second-order valence-corrected chi connectivity index (χ2v) is 10.1. The normalized spacial score (nSPS) is 12.7. The number of ether oxygens (including phenoxy) is 1. The third kappa shape index (κ3) is 4.89. The maximum Gasteiger partial charge on any atom is 0.163 e. The van der Waals surface area contributed by atoms with Gasteiger partial charge >= 0.3 is 0 Å². The molecule has 0 fully saturated rings. The summed E-state index contributed by atoms with van der Waals surface area (Å²) in [5.74, 6) is -0.0266. The molecule has 0 saturated carbocycles. The molecule has 0 saturated heterocycles. The third-order valence-electron chi connectivity index (χ3n) is 5.85. The Balaban J connectivity index is 2.03. The van der Waals surface area contributed by atoms with Gasteiger partial charge in [0.2, 0.25) is 0 Å². The van der Waals surface area contributed by atoms with Gasteiger partial charge in [-0.25, -0.2) is 9.97 Å². The molecule has 0 aliphatic heterocycles. The number of rotatable bonds is 5. The number of hydrogen-bond acceptors (Lipinski definition) is 4. The summed E-state index contributed by atoms with van der Waals surface area (Å²) in [6.45, 7) is 11.5. The van der Waals surface area contributed by atoms with Crippen LogP contribution < -0.4 is 0 Å². The Labute approximate surface area is 206 Å². The van der Waals surface area contributed by atoms with Crippen LogP contribution >= 0.6 is 11.6 Å². The van der Waals surface area contributed by atoms with Gasteiger partial charge in [-0.1, -0.05) is 41.9 Å². The number of benzene rings is 3. The highest BCUT2D eigenvalue weighted by Crippen LogP contribution is 2.42. The summed E-state index contributed by atoms with van der Waals surface area (Å²) >= 11 is 6.20. The van der Waals surface area contributed by atoms with Crippen molar-refractivity contribution in [1.29, 1.82) is 0 Å². The van der Waals surface area contributed by atoms with Crippen molar-refractivity contribution in [1.82, 2.24) is 9.97 Å². The molecule has 4 aromatic rings. The number of carbonyl (C=O) groups excluding carboxylic acids is 1. The number of nitrogens with zero attached hydrogens (tertiary/aromatic N) is 2. The second-order valence-electron chi connectivity index (χ2n) is 9.67. The van der Waals surface area contributed by atoms with E-state index in [0.29, 0.717) is 5.02 Å². The molecule has 0 bridgehead atoms. The van der Waals surface area contributed by atoms with Gasteiger partial charge in [0.05, 0.1) is 5.60 Å². The van der Waals surface area contributed by atoms with E-state index in [9.17, 15) is 4.79 Å². The minimum absolute atomic E-state index is 0.0266. The lowest BCUT2D eigenvalue weighted by atomic mass is 9.85. The molecule has 0 spiro atoms. The second kappa shape index (κ2) is 9.28. The SMILES string of the molecule is CC(=O)[C@@H](OC(C)(C)C)c1c(C)cc2cc(-c3cncnc3C)ccc2c1-c1ccc(Cl)cc1. The monoisotopic (exact) mass is 472 g/mol. The molecule has 1 atom stereocenters. The van der Waals surface area contributed by atoms with Crippen molar-refractivity contribution in [3.05, 3.63) is 82.9 Å². The van der Waals surface area contributed by atoms with Gasteiger partial charge in [0.25, 0.3) is 0 Å². The summed E-state index contributed by atoms with van der Waals surface area (Å²) in [7, 11) is 0. The molecule has 0 radical (unpaired) electrons. The molecule has 34 heavy (non-hydrogen) atoms. The Morgan fingerprint density at radius 2 is 1.68 bits per heavy atom. The lowest BCUT2D eigenvalue weighted by molar-refractivity contribution is -0.138. The lowest BCUT2D eigenvalue weighted by Gasteiger charge is -2.29. The minimum atomic E-state index is -0.681. The number of ketones is 1. The topological polar surface area (TPSA) is 52.1 Å². The number of hydrogen-bond donors (Lipinski definition) is 0. The summed E-state index contributed by atoms with van der Waals surface area (Å²) in [6, 6.07) is 16.2. The van der Waals surface area contributed by atoms with E-state index in [4.69, 9.17) is 16.3 Å². The van der Waals surface area contributed by atoms with E-state index in [1.165, 1.54) is 0 Å². The Kier molecular flexibility index (Phi) is 6.57. The van der Waals surface area contributed by atoms with Crippen LogP contribution in [0.25, 0.3) is 33.0 Å². The Bertz CT molecular complexity index is 1370. The van der Waals surface area contributed by atoms with Crippen molar-refractivity contribution in [2.75, 3.05) is 0 Å². The average molecular weight is 473 g/mol. The molecule has 1 heterocycles. The number of Topliss-reactive ketones (excluding diaryl/α,β-unsaturated/α-hetero) is 1. The summed E-state index contributed by atoms with van der Waals surface area (Å²) in [5, 5.41) is 2.79. The first-order chi connectivity index (χ1) is 16.0. The van der Waals surface area contributed by atoms with Crippen LogP contribution in [0.5, 0.6) is 0 Å². The molecule has 0 amide bonds. The summed E-state index contributed by atoms with van der Waals surface area (Å²) in [4.78, 5) is 21.4. The van der Waals surface area contributed by atoms with E-state index < -0.39 is 11.7 Å². The smallest absolute Gasteiger partial charge is 0.163 e. The fourth-order valence-electron chi connectivity index (χ4n) is 4.37. The molecule has 0 aliphatic carbocycles. The zero-order chi connectivity index (χ0) is 24.6.